The van der Waals surface area contributed by atoms with Crippen molar-refractivity contribution in [1.82, 2.24) is 9.88 Å². The summed E-state index contributed by atoms with van der Waals surface area (Å²) in [4.78, 5) is 17.5. The molecular weight excluding hydrogens is 242 g/mol. The number of hydrogen-bond donors (Lipinski definition) is 2. The highest BCUT2D eigenvalue weighted by Gasteiger charge is 2.20. The zero-order valence-electron chi connectivity index (χ0n) is 9.85. The van der Waals surface area contributed by atoms with E-state index in [1.54, 1.807) is 0 Å². The molecule has 1 amide bonds. The topological polar surface area (TPSA) is 79.5 Å². The Balaban J connectivity index is 3.04. The van der Waals surface area contributed by atoms with Gasteiger partial charge in [0.05, 0.1) is 24.1 Å². The van der Waals surface area contributed by atoms with Gasteiger partial charge in [-0.05, 0) is 19.9 Å². The van der Waals surface area contributed by atoms with Gasteiger partial charge >= 0.3 is 0 Å². The number of aromatic nitrogens is 1. The van der Waals surface area contributed by atoms with Gasteiger partial charge < -0.3 is 15.7 Å². The molecule has 0 bridgehead atoms. The van der Waals surface area contributed by atoms with Crippen molar-refractivity contribution in [2.75, 3.05) is 18.9 Å². The number of pyridine rings is 1. The Bertz CT molecular complexity index is 410. The minimum absolute atomic E-state index is 0.0269. The molecule has 1 rings (SSSR count). The van der Waals surface area contributed by atoms with E-state index in [1.165, 1.54) is 17.2 Å². The van der Waals surface area contributed by atoms with Crippen molar-refractivity contribution in [3.05, 3.63) is 23.0 Å². The summed E-state index contributed by atoms with van der Waals surface area (Å²) < 4.78 is 0. The van der Waals surface area contributed by atoms with E-state index in [0.717, 1.165) is 0 Å². The number of nitrogens with two attached hydrogens (primary N) is 1. The lowest BCUT2D eigenvalue weighted by Gasteiger charge is -2.26. The van der Waals surface area contributed by atoms with Gasteiger partial charge in [0.25, 0.3) is 5.91 Å². The molecule has 0 saturated carbocycles. The number of amides is 1. The Kier molecular flexibility index (Phi) is 4.72. The second kappa shape index (κ2) is 5.84. The van der Waals surface area contributed by atoms with Gasteiger partial charge in [-0.25, -0.2) is 4.98 Å². The normalized spacial score (nSPS) is 10.6. The van der Waals surface area contributed by atoms with Crippen molar-refractivity contribution >= 4 is 23.2 Å². The molecule has 0 saturated heterocycles. The van der Waals surface area contributed by atoms with Crippen LogP contribution in [0.25, 0.3) is 0 Å². The maximum absolute atomic E-state index is 12.2. The fraction of sp³-hybridized carbons (Fsp3) is 0.455. The van der Waals surface area contributed by atoms with E-state index in [-0.39, 0.29) is 35.9 Å². The number of carbonyl (C=O) groups is 1. The van der Waals surface area contributed by atoms with Crippen LogP contribution >= 0.6 is 11.6 Å². The molecule has 0 aromatic carbocycles. The second-order valence-corrected chi connectivity index (χ2v) is 4.30. The maximum atomic E-state index is 12.2. The van der Waals surface area contributed by atoms with Crippen molar-refractivity contribution in [2.45, 2.75) is 19.9 Å². The van der Waals surface area contributed by atoms with Crippen molar-refractivity contribution in [1.29, 1.82) is 0 Å². The van der Waals surface area contributed by atoms with Crippen LogP contribution in [0.3, 0.4) is 0 Å². The Morgan fingerprint density at radius 3 is 2.82 bits per heavy atom. The summed E-state index contributed by atoms with van der Waals surface area (Å²) in [6.45, 7) is 3.90. The number of hydrogen-bond acceptors (Lipinski definition) is 4. The fourth-order valence-corrected chi connectivity index (χ4v) is 1.64. The number of rotatable bonds is 4. The van der Waals surface area contributed by atoms with E-state index in [0.29, 0.717) is 5.56 Å². The third-order valence-corrected chi connectivity index (χ3v) is 2.56. The Morgan fingerprint density at radius 2 is 2.29 bits per heavy atom. The summed E-state index contributed by atoms with van der Waals surface area (Å²) in [6, 6.07) is 1.41. The minimum Gasteiger partial charge on any atom is -0.397 e. The molecule has 0 aliphatic heterocycles. The smallest absolute Gasteiger partial charge is 0.256 e. The van der Waals surface area contributed by atoms with E-state index in [2.05, 4.69) is 4.98 Å². The lowest BCUT2D eigenvalue weighted by molar-refractivity contribution is 0.0666. The standard InChI is InChI=1S/C11H16ClN3O2/c1-7(2)15(3-4-16)11(17)8-5-10(12)14-6-9(8)13/h5-7,16H,3-4,13H2,1-2H3. The summed E-state index contributed by atoms with van der Waals surface area (Å²) in [5, 5.41) is 9.16. The Hall–Kier alpha value is -1.33. The predicted octanol–water partition coefficient (Wildman–Crippen LogP) is 1.16. The molecule has 0 atom stereocenters. The number of aliphatic hydroxyl groups excluding tert-OH is 1. The molecule has 6 heteroatoms. The van der Waals surface area contributed by atoms with E-state index >= 15 is 0 Å². The highest BCUT2D eigenvalue weighted by molar-refractivity contribution is 6.29. The van der Waals surface area contributed by atoms with Gasteiger partial charge in [0.2, 0.25) is 0 Å². The van der Waals surface area contributed by atoms with E-state index < -0.39 is 0 Å². The summed E-state index contributed by atoms with van der Waals surface area (Å²) >= 11 is 5.74. The number of halogens is 1. The molecule has 1 heterocycles. The van der Waals surface area contributed by atoms with Gasteiger partial charge in [-0.3, -0.25) is 4.79 Å². The molecule has 0 aliphatic rings. The monoisotopic (exact) mass is 257 g/mol. The molecule has 0 unspecified atom stereocenters. The molecule has 3 N–H and O–H groups in total. The average Bonchev–Trinajstić information content (AvgIpc) is 2.28. The second-order valence-electron chi connectivity index (χ2n) is 3.91. The minimum atomic E-state index is -0.254. The van der Waals surface area contributed by atoms with Crippen LogP contribution in [0.1, 0.15) is 24.2 Å². The van der Waals surface area contributed by atoms with Crippen molar-refractivity contribution < 1.29 is 9.90 Å². The van der Waals surface area contributed by atoms with Crippen LogP contribution in [0.2, 0.25) is 5.15 Å². The van der Waals surface area contributed by atoms with Crippen LogP contribution < -0.4 is 5.73 Å². The van der Waals surface area contributed by atoms with Crippen LogP contribution in [-0.2, 0) is 0 Å². The first-order valence-corrected chi connectivity index (χ1v) is 5.68. The fourth-order valence-electron chi connectivity index (χ4n) is 1.48. The zero-order valence-corrected chi connectivity index (χ0v) is 10.6. The van der Waals surface area contributed by atoms with Gasteiger partial charge in [-0.1, -0.05) is 11.6 Å². The van der Waals surface area contributed by atoms with Crippen LogP contribution in [-0.4, -0.2) is 40.1 Å². The van der Waals surface area contributed by atoms with Gasteiger partial charge in [0, 0.05) is 12.6 Å². The lowest BCUT2D eigenvalue weighted by Crippen LogP contribution is -2.39. The quantitative estimate of drug-likeness (QED) is 0.794. The Labute approximate surface area is 105 Å². The molecular formula is C11H16ClN3O2. The van der Waals surface area contributed by atoms with Crippen LogP contribution in [0.4, 0.5) is 5.69 Å². The highest BCUT2D eigenvalue weighted by Crippen LogP contribution is 2.18. The largest absolute Gasteiger partial charge is 0.397 e. The Morgan fingerprint density at radius 1 is 1.65 bits per heavy atom. The summed E-state index contributed by atoms with van der Waals surface area (Å²) in [5.74, 6) is -0.254. The average molecular weight is 258 g/mol. The molecule has 0 aliphatic carbocycles. The molecule has 1 aromatic rings. The first-order chi connectivity index (χ1) is 7.97. The van der Waals surface area contributed by atoms with Gasteiger partial charge in [-0.15, -0.1) is 0 Å². The first kappa shape index (κ1) is 13.7. The SMILES string of the molecule is CC(C)N(CCO)C(=O)c1cc(Cl)ncc1N. The predicted molar refractivity (Wildman–Crippen MR) is 66.9 cm³/mol. The van der Waals surface area contributed by atoms with Gasteiger partial charge in [0.1, 0.15) is 5.15 Å². The van der Waals surface area contributed by atoms with Crippen molar-refractivity contribution in [3.8, 4) is 0 Å². The van der Waals surface area contributed by atoms with Crippen molar-refractivity contribution in [2.24, 2.45) is 0 Å². The first-order valence-electron chi connectivity index (χ1n) is 5.30. The number of nitrogens with zero attached hydrogens (tertiary/aromatic N) is 2. The molecule has 0 fully saturated rings. The number of carbonyl (C=O) groups excluding carboxylic acids is 1. The third-order valence-electron chi connectivity index (χ3n) is 2.36. The highest BCUT2D eigenvalue weighted by atomic mass is 35.5. The number of anilines is 1. The molecule has 0 spiro atoms. The van der Waals surface area contributed by atoms with Gasteiger partial charge in [-0.2, -0.15) is 0 Å². The summed E-state index contributed by atoms with van der Waals surface area (Å²) in [7, 11) is 0. The van der Waals surface area contributed by atoms with Gasteiger partial charge in [0.15, 0.2) is 0 Å². The molecule has 1 aromatic heterocycles. The van der Waals surface area contributed by atoms with Crippen LogP contribution in [0.15, 0.2) is 12.3 Å². The molecule has 94 valence electrons. The van der Waals surface area contributed by atoms with E-state index in [1.807, 2.05) is 13.8 Å². The third kappa shape index (κ3) is 3.31. The number of aliphatic hydroxyl groups is 1. The van der Waals surface area contributed by atoms with E-state index in [9.17, 15) is 4.79 Å². The lowest BCUT2D eigenvalue weighted by atomic mass is 10.1. The zero-order chi connectivity index (χ0) is 13.0. The van der Waals surface area contributed by atoms with Crippen LogP contribution in [0.5, 0.6) is 0 Å². The summed E-state index contributed by atoms with van der Waals surface area (Å²) in [5.41, 5.74) is 6.29. The number of nitrogen functional groups attached to an aromatic ring is 1. The summed E-state index contributed by atoms with van der Waals surface area (Å²) in [6.07, 6.45) is 1.35. The van der Waals surface area contributed by atoms with Crippen molar-refractivity contribution in [3.63, 3.8) is 0 Å². The maximum Gasteiger partial charge on any atom is 0.256 e. The molecule has 0 radical (unpaired) electrons. The molecule has 17 heavy (non-hydrogen) atoms. The molecule has 5 nitrogen and oxygen atoms in total. The van der Waals surface area contributed by atoms with E-state index in [4.69, 9.17) is 22.4 Å². The van der Waals surface area contributed by atoms with Crippen LogP contribution in [0, 0.1) is 0 Å².